The Bertz CT molecular complexity index is 1060. The van der Waals surface area contributed by atoms with E-state index in [2.05, 4.69) is 15.0 Å². The van der Waals surface area contributed by atoms with Crippen molar-refractivity contribution >= 4 is 28.0 Å². The van der Waals surface area contributed by atoms with Gasteiger partial charge in [0, 0.05) is 35.6 Å². The Hall–Kier alpha value is -2.52. The van der Waals surface area contributed by atoms with E-state index in [4.69, 9.17) is 14.9 Å². The number of benzene rings is 1. The fourth-order valence-corrected chi connectivity index (χ4v) is 4.93. The van der Waals surface area contributed by atoms with Gasteiger partial charge in [0.25, 0.3) is 0 Å². The molecule has 0 bridgehead atoms. The van der Waals surface area contributed by atoms with Crippen LogP contribution in [0, 0.1) is 17.6 Å². The van der Waals surface area contributed by atoms with Crippen LogP contribution in [0.1, 0.15) is 24.0 Å². The van der Waals surface area contributed by atoms with Gasteiger partial charge < -0.3 is 14.9 Å². The summed E-state index contributed by atoms with van der Waals surface area (Å²) in [7, 11) is 0. The third-order valence-electron chi connectivity index (χ3n) is 5.30. The Morgan fingerprint density at radius 3 is 2.96 bits per heavy atom. The van der Waals surface area contributed by atoms with Crippen molar-refractivity contribution in [2.45, 2.75) is 18.1 Å². The van der Waals surface area contributed by atoms with Gasteiger partial charge >= 0.3 is 0 Å². The van der Waals surface area contributed by atoms with Gasteiger partial charge in [-0.25, -0.2) is 18.8 Å². The summed E-state index contributed by atoms with van der Waals surface area (Å²) < 4.78 is 39.9. The molecule has 9 heteroatoms. The number of hydrogen-bond donors (Lipinski definition) is 1. The highest BCUT2D eigenvalue weighted by Gasteiger charge is 2.50. The summed E-state index contributed by atoms with van der Waals surface area (Å²) in [5, 5.41) is 0.370. The van der Waals surface area contributed by atoms with Crippen molar-refractivity contribution in [1.82, 2.24) is 9.97 Å². The van der Waals surface area contributed by atoms with Crippen molar-refractivity contribution in [1.29, 1.82) is 0 Å². The molecule has 3 unspecified atom stereocenters. The van der Waals surface area contributed by atoms with Gasteiger partial charge in [0.15, 0.2) is 10.8 Å². The summed E-state index contributed by atoms with van der Waals surface area (Å²) in [5.41, 5.74) is 6.56. The van der Waals surface area contributed by atoms with E-state index in [1.165, 1.54) is 23.9 Å². The molecule has 5 rings (SSSR count). The topological polar surface area (TPSA) is 86.5 Å². The molecule has 2 aliphatic heterocycles. The number of thioether (sulfide) groups is 1. The van der Waals surface area contributed by atoms with Gasteiger partial charge in [0.2, 0.25) is 5.89 Å². The van der Waals surface area contributed by atoms with Crippen LogP contribution in [0.25, 0.3) is 11.1 Å². The predicted molar refractivity (Wildman–Crippen MR) is 101 cm³/mol. The predicted octanol–water partition coefficient (Wildman–Crippen LogP) is 3.54. The lowest BCUT2D eigenvalue weighted by Crippen LogP contribution is -2.48. The monoisotopic (exact) mass is 402 g/mol. The number of aliphatic imine (C=N–C) groups is 1. The molecule has 6 nitrogen and oxygen atoms in total. The van der Waals surface area contributed by atoms with Gasteiger partial charge in [-0.05, 0) is 12.5 Å². The second-order valence-corrected chi connectivity index (χ2v) is 7.98. The largest absolute Gasteiger partial charge is 0.438 e. The normalized spacial score (nSPS) is 27.4. The first kappa shape index (κ1) is 17.6. The number of nitrogens with zero attached hydrogens (tertiary/aromatic N) is 3. The summed E-state index contributed by atoms with van der Waals surface area (Å²) in [6, 6.07) is 5.28. The Morgan fingerprint density at radius 2 is 2.14 bits per heavy atom. The Morgan fingerprint density at radius 1 is 1.25 bits per heavy atom. The Kier molecular flexibility index (Phi) is 4.09. The second kappa shape index (κ2) is 6.52. The van der Waals surface area contributed by atoms with Gasteiger partial charge in [-0.15, -0.1) is 0 Å². The summed E-state index contributed by atoms with van der Waals surface area (Å²) in [4.78, 5) is 13.1. The molecule has 3 atom stereocenters. The number of pyridine rings is 1. The van der Waals surface area contributed by atoms with Crippen LogP contribution in [-0.2, 0) is 10.3 Å². The maximum absolute atomic E-state index is 14.6. The molecule has 0 radical (unpaired) electrons. The van der Waals surface area contributed by atoms with Crippen LogP contribution in [-0.4, -0.2) is 27.5 Å². The standard InChI is InChI=1S/C19H16F2N4O2S/c20-11-1-2-12(13(21)6-11)19-9-26-16(5-10(19)8-28-18(22)25-19)17-24-14-7-23-4-3-15(14)27-17/h1-4,6-7,10,16H,5,8-9H2,(H2,22,25). The molecule has 2 aromatic heterocycles. The molecule has 0 aliphatic carbocycles. The molecule has 2 aliphatic rings. The van der Waals surface area contributed by atoms with E-state index in [-0.39, 0.29) is 18.6 Å². The van der Waals surface area contributed by atoms with Gasteiger partial charge in [0.1, 0.15) is 28.8 Å². The first-order valence-electron chi connectivity index (χ1n) is 8.81. The zero-order valence-electron chi connectivity index (χ0n) is 14.6. The van der Waals surface area contributed by atoms with Crippen LogP contribution in [0.2, 0.25) is 0 Å². The summed E-state index contributed by atoms with van der Waals surface area (Å²) in [6.07, 6.45) is 3.41. The smallest absolute Gasteiger partial charge is 0.224 e. The number of fused-ring (bicyclic) bond motifs is 2. The highest BCUT2D eigenvalue weighted by molar-refractivity contribution is 8.13. The van der Waals surface area contributed by atoms with E-state index in [1.807, 2.05) is 0 Å². The number of aromatic nitrogens is 2. The Labute approximate surface area is 163 Å². The maximum Gasteiger partial charge on any atom is 0.224 e. The van der Waals surface area contributed by atoms with E-state index in [0.717, 1.165) is 6.07 Å². The summed E-state index contributed by atoms with van der Waals surface area (Å²) in [5.74, 6) is -0.247. The fourth-order valence-electron chi connectivity index (χ4n) is 3.92. The molecular formula is C19H16F2N4O2S. The van der Waals surface area contributed by atoms with Crippen LogP contribution >= 0.6 is 11.8 Å². The van der Waals surface area contributed by atoms with Crippen molar-refractivity contribution in [2.75, 3.05) is 12.4 Å². The highest BCUT2D eigenvalue weighted by atomic mass is 32.2. The fraction of sp³-hybridized carbons (Fsp3) is 0.316. The van der Waals surface area contributed by atoms with Gasteiger partial charge in [-0.1, -0.05) is 17.8 Å². The van der Waals surface area contributed by atoms with E-state index in [0.29, 0.717) is 39.9 Å². The number of oxazole rings is 1. The number of halogens is 2. The molecular weight excluding hydrogens is 386 g/mol. The lowest BCUT2D eigenvalue weighted by molar-refractivity contribution is -0.0691. The SMILES string of the molecule is NC1=NC2(c3ccc(F)cc3F)COC(c3nc4cnccc4o3)CC2CS1. The molecule has 0 amide bonds. The zero-order chi connectivity index (χ0) is 19.3. The van der Waals surface area contributed by atoms with E-state index < -0.39 is 17.2 Å². The number of hydrogen-bond acceptors (Lipinski definition) is 7. The quantitative estimate of drug-likeness (QED) is 0.706. The van der Waals surface area contributed by atoms with E-state index in [9.17, 15) is 8.78 Å². The number of rotatable bonds is 2. The van der Waals surface area contributed by atoms with E-state index in [1.54, 1.807) is 18.5 Å². The van der Waals surface area contributed by atoms with Crippen molar-refractivity contribution < 1.29 is 17.9 Å². The van der Waals surface area contributed by atoms with Crippen LogP contribution < -0.4 is 5.73 Å². The average molecular weight is 402 g/mol. The van der Waals surface area contributed by atoms with Gasteiger partial charge in [-0.2, -0.15) is 0 Å². The van der Waals surface area contributed by atoms with Crippen LogP contribution in [0.15, 0.2) is 46.1 Å². The third kappa shape index (κ3) is 2.77. The molecule has 144 valence electrons. The molecule has 3 aromatic rings. The molecule has 1 aromatic carbocycles. The van der Waals surface area contributed by atoms with Crippen LogP contribution in [0.5, 0.6) is 0 Å². The number of amidine groups is 1. The van der Waals surface area contributed by atoms with Gasteiger partial charge in [0.05, 0.1) is 12.8 Å². The minimum Gasteiger partial charge on any atom is -0.438 e. The number of nitrogens with two attached hydrogens (primary N) is 1. The third-order valence-corrected chi connectivity index (χ3v) is 6.26. The first-order chi connectivity index (χ1) is 13.5. The molecule has 0 spiro atoms. The molecule has 28 heavy (non-hydrogen) atoms. The summed E-state index contributed by atoms with van der Waals surface area (Å²) in [6.45, 7) is 0.100. The lowest BCUT2D eigenvalue weighted by Gasteiger charge is -2.45. The Balaban J connectivity index is 1.52. The molecule has 4 heterocycles. The summed E-state index contributed by atoms with van der Waals surface area (Å²) >= 11 is 1.42. The minimum atomic E-state index is -0.989. The van der Waals surface area contributed by atoms with Crippen LogP contribution in [0.4, 0.5) is 8.78 Å². The lowest BCUT2D eigenvalue weighted by atomic mass is 9.75. The van der Waals surface area contributed by atoms with Crippen molar-refractivity contribution in [3.63, 3.8) is 0 Å². The highest BCUT2D eigenvalue weighted by Crippen LogP contribution is 2.49. The zero-order valence-corrected chi connectivity index (χ0v) is 15.5. The minimum absolute atomic E-state index is 0.0725. The second-order valence-electron chi connectivity index (χ2n) is 6.94. The molecule has 1 saturated heterocycles. The maximum atomic E-state index is 14.6. The molecule has 0 saturated carbocycles. The van der Waals surface area contributed by atoms with Gasteiger partial charge in [-0.3, -0.25) is 4.98 Å². The van der Waals surface area contributed by atoms with Crippen LogP contribution in [0.3, 0.4) is 0 Å². The van der Waals surface area contributed by atoms with Crippen molar-refractivity contribution in [2.24, 2.45) is 16.6 Å². The number of ether oxygens (including phenoxy) is 1. The first-order valence-corrected chi connectivity index (χ1v) is 9.79. The van der Waals surface area contributed by atoms with E-state index >= 15 is 0 Å². The molecule has 2 N–H and O–H groups in total. The van der Waals surface area contributed by atoms with Crippen molar-refractivity contribution in [3.05, 3.63) is 59.7 Å². The molecule has 1 fully saturated rings. The van der Waals surface area contributed by atoms with Crippen molar-refractivity contribution in [3.8, 4) is 0 Å². The average Bonchev–Trinajstić information content (AvgIpc) is 3.11.